The number of amides is 2. The number of hydrogen-bond acceptors (Lipinski definition) is 9. The minimum Gasteiger partial charge on any atom is -0.481 e. The van der Waals surface area contributed by atoms with Gasteiger partial charge in [-0.05, 0) is 0 Å². The first kappa shape index (κ1) is 25.7. The lowest BCUT2D eigenvalue weighted by Gasteiger charge is -2.27. The number of carbonyl (C=O) groups is 6. The highest BCUT2D eigenvalue weighted by Crippen LogP contribution is 2.25. The van der Waals surface area contributed by atoms with Crippen molar-refractivity contribution < 1.29 is 49.2 Å². The van der Waals surface area contributed by atoms with Crippen molar-refractivity contribution in [3.05, 3.63) is 0 Å². The van der Waals surface area contributed by atoms with Gasteiger partial charge in [-0.1, -0.05) is 21.6 Å². The predicted octanol–water partition coefficient (Wildman–Crippen LogP) is -0.682. The molecule has 0 aromatic carbocycles. The van der Waals surface area contributed by atoms with E-state index in [0.29, 0.717) is 4.90 Å². The molecule has 0 bridgehead atoms. The number of rotatable bonds is 14. The molecule has 6 N–H and O–H groups in total. The van der Waals surface area contributed by atoms with E-state index in [9.17, 15) is 33.9 Å². The van der Waals surface area contributed by atoms with Crippen LogP contribution in [0.5, 0.6) is 0 Å². The van der Waals surface area contributed by atoms with Crippen LogP contribution in [0.25, 0.3) is 0 Å². The van der Waals surface area contributed by atoms with Crippen LogP contribution in [0.2, 0.25) is 0 Å². The lowest BCUT2D eigenvalue weighted by Crippen LogP contribution is -2.50. The molecule has 0 aliphatic carbocycles. The predicted molar refractivity (Wildman–Crippen MR) is 97.5 cm³/mol. The van der Waals surface area contributed by atoms with Gasteiger partial charge in [-0.3, -0.25) is 28.9 Å². The number of carboxylic acids is 4. The summed E-state index contributed by atoms with van der Waals surface area (Å²) in [6.45, 7) is 0. The van der Waals surface area contributed by atoms with Gasteiger partial charge in [0.15, 0.2) is 0 Å². The van der Waals surface area contributed by atoms with Gasteiger partial charge in [-0.2, -0.15) is 0 Å². The molecule has 158 valence electrons. The van der Waals surface area contributed by atoms with E-state index in [0.717, 1.165) is 21.6 Å². The van der Waals surface area contributed by atoms with Crippen molar-refractivity contribution in [1.29, 1.82) is 0 Å². The molecule has 0 heterocycles. The van der Waals surface area contributed by atoms with Gasteiger partial charge in [0.1, 0.15) is 12.1 Å². The Bertz CT molecular complexity index is 597. The summed E-state index contributed by atoms with van der Waals surface area (Å²) in [5, 5.41) is 35.4. The van der Waals surface area contributed by atoms with Crippen LogP contribution in [-0.2, 0) is 28.8 Å². The summed E-state index contributed by atoms with van der Waals surface area (Å²) >= 11 is 0. The second-order valence-corrected chi connectivity index (χ2v) is 7.87. The summed E-state index contributed by atoms with van der Waals surface area (Å²) in [6, 6.07) is -2.87. The number of imide groups is 1. The van der Waals surface area contributed by atoms with Crippen LogP contribution in [0.15, 0.2) is 0 Å². The van der Waals surface area contributed by atoms with Crippen molar-refractivity contribution in [2.75, 3.05) is 11.5 Å². The molecule has 0 aromatic rings. The first-order valence-electron chi connectivity index (χ1n) is 7.71. The standard InChI is InChI=1S/C14H20N2O10S2/c15-7(13(23)24)5-27-28-6-8(14(25)26)16(9(17)1-3-11(19)20)10(18)2-4-12(21)22/h7-8H,1-6,15H2,(H,19,20)(H,21,22)(H,23,24)(H,25,26)/t7-,8-/m0/s1. The third-order valence-electron chi connectivity index (χ3n) is 3.11. The molecule has 0 saturated heterocycles. The van der Waals surface area contributed by atoms with Gasteiger partial charge in [0.25, 0.3) is 0 Å². The number of aliphatic carboxylic acids is 4. The third kappa shape index (κ3) is 10.1. The van der Waals surface area contributed by atoms with Gasteiger partial charge in [-0.25, -0.2) is 4.79 Å². The van der Waals surface area contributed by atoms with E-state index in [1.807, 2.05) is 0 Å². The summed E-state index contributed by atoms with van der Waals surface area (Å²) in [4.78, 5) is 68.3. The van der Waals surface area contributed by atoms with E-state index in [-0.39, 0.29) is 11.5 Å². The normalized spacial score (nSPS) is 12.6. The van der Waals surface area contributed by atoms with Crippen LogP contribution in [0, 0.1) is 0 Å². The van der Waals surface area contributed by atoms with Crippen LogP contribution >= 0.6 is 21.6 Å². The number of carboxylic acid groups (broad SMARTS) is 4. The molecule has 12 nitrogen and oxygen atoms in total. The zero-order valence-corrected chi connectivity index (χ0v) is 16.1. The van der Waals surface area contributed by atoms with Gasteiger partial charge in [-0.15, -0.1) is 0 Å². The first-order chi connectivity index (χ1) is 13.0. The molecule has 0 aliphatic heterocycles. The van der Waals surface area contributed by atoms with Crippen LogP contribution in [0.3, 0.4) is 0 Å². The van der Waals surface area contributed by atoms with Gasteiger partial charge in [0.05, 0.1) is 12.8 Å². The van der Waals surface area contributed by atoms with Crippen molar-refractivity contribution in [2.24, 2.45) is 5.73 Å². The van der Waals surface area contributed by atoms with Crippen LogP contribution in [-0.4, -0.2) is 84.6 Å². The molecule has 0 fully saturated rings. The average molecular weight is 440 g/mol. The zero-order valence-electron chi connectivity index (χ0n) is 14.5. The van der Waals surface area contributed by atoms with Gasteiger partial charge in [0, 0.05) is 24.3 Å². The second-order valence-electron chi connectivity index (χ2n) is 5.31. The minimum absolute atomic E-state index is 0.0632. The fourth-order valence-corrected chi connectivity index (χ4v) is 4.02. The van der Waals surface area contributed by atoms with Crippen molar-refractivity contribution in [3.63, 3.8) is 0 Å². The third-order valence-corrected chi connectivity index (χ3v) is 5.54. The largest absolute Gasteiger partial charge is 0.481 e. The molecule has 28 heavy (non-hydrogen) atoms. The quantitative estimate of drug-likeness (QED) is 0.167. The maximum Gasteiger partial charge on any atom is 0.327 e. The molecule has 2 atom stereocenters. The second kappa shape index (κ2) is 13.0. The zero-order chi connectivity index (χ0) is 21.9. The molecule has 0 unspecified atom stereocenters. The Morgan fingerprint density at radius 3 is 1.50 bits per heavy atom. The fourth-order valence-electron chi connectivity index (χ4n) is 1.72. The van der Waals surface area contributed by atoms with E-state index in [4.69, 9.17) is 21.1 Å². The fraction of sp³-hybridized carbons (Fsp3) is 0.571. The Labute approximate surface area is 166 Å². The highest BCUT2D eigenvalue weighted by atomic mass is 33.1. The van der Waals surface area contributed by atoms with E-state index in [1.54, 1.807) is 0 Å². The average Bonchev–Trinajstić information content (AvgIpc) is 2.59. The van der Waals surface area contributed by atoms with Crippen LogP contribution < -0.4 is 5.73 Å². The number of carbonyl (C=O) groups excluding carboxylic acids is 2. The Balaban J connectivity index is 5.21. The van der Waals surface area contributed by atoms with E-state index < -0.39 is 73.5 Å². The Morgan fingerprint density at radius 1 is 0.714 bits per heavy atom. The maximum absolute atomic E-state index is 12.2. The van der Waals surface area contributed by atoms with E-state index in [1.165, 1.54) is 0 Å². The smallest absolute Gasteiger partial charge is 0.327 e. The minimum atomic E-state index is -1.68. The Kier molecular flexibility index (Phi) is 11.9. The van der Waals surface area contributed by atoms with E-state index in [2.05, 4.69) is 0 Å². The Morgan fingerprint density at radius 2 is 1.14 bits per heavy atom. The molecule has 0 spiro atoms. The number of nitrogens with two attached hydrogens (primary N) is 1. The van der Waals surface area contributed by atoms with Crippen LogP contribution in [0.1, 0.15) is 25.7 Å². The molecular formula is C14H20N2O10S2. The molecule has 2 amide bonds. The van der Waals surface area contributed by atoms with Crippen molar-refractivity contribution >= 4 is 57.3 Å². The number of hydrogen-bond donors (Lipinski definition) is 5. The monoisotopic (exact) mass is 440 g/mol. The highest BCUT2D eigenvalue weighted by molar-refractivity contribution is 8.76. The molecule has 0 saturated carbocycles. The SMILES string of the molecule is N[C@@H](CSSC[C@@H](C(=O)O)N(C(=O)CCC(=O)O)C(=O)CCC(=O)O)C(=O)O. The summed E-state index contributed by atoms with van der Waals surface area (Å²) in [5.74, 6) is -7.97. The highest BCUT2D eigenvalue weighted by Gasteiger charge is 2.34. The number of nitrogens with zero attached hydrogens (tertiary/aromatic N) is 1. The maximum atomic E-state index is 12.2. The van der Waals surface area contributed by atoms with Crippen LogP contribution in [0.4, 0.5) is 0 Å². The topological polar surface area (TPSA) is 213 Å². The summed E-state index contributed by atoms with van der Waals surface area (Å²) in [6.07, 6.45) is -2.55. The van der Waals surface area contributed by atoms with Crippen molar-refractivity contribution in [1.82, 2.24) is 4.90 Å². The summed E-state index contributed by atoms with van der Waals surface area (Å²) in [5.41, 5.74) is 5.31. The molecule has 0 radical (unpaired) electrons. The van der Waals surface area contributed by atoms with Crippen molar-refractivity contribution in [3.8, 4) is 0 Å². The lowest BCUT2D eigenvalue weighted by atomic mass is 10.1. The Hall–Kier alpha value is -2.32. The molecule has 0 aromatic heterocycles. The molecule has 0 rings (SSSR count). The first-order valence-corrected chi connectivity index (χ1v) is 10.2. The lowest BCUT2D eigenvalue weighted by molar-refractivity contribution is -0.158. The van der Waals surface area contributed by atoms with Gasteiger partial charge in [0.2, 0.25) is 11.8 Å². The van der Waals surface area contributed by atoms with Crippen molar-refractivity contribution in [2.45, 2.75) is 37.8 Å². The summed E-state index contributed by atoms with van der Waals surface area (Å²) < 4.78 is 0. The van der Waals surface area contributed by atoms with Gasteiger partial charge < -0.3 is 26.2 Å². The molecule has 0 aliphatic rings. The molecule has 14 heteroatoms. The summed E-state index contributed by atoms with van der Waals surface area (Å²) in [7, 11) is 1.78. The molecular weight excluding hydrogens is 420 g/mol. The van der Waals surface area contributed by atoms with E-state index >= 15 is 0 Å². The van der Waals surface area contributed by atoms with Gasteiger partial charge >= 0.3 is 23.9 Å².